The second-order valence-corrected chi connectivity index (χ2v) is 5.61. The van der Waals surface area contributed by atoms with E-state index in [0.717, 1.165) is 16.9 Å². The van der Waals surface area contributed by atoms with E-state index in [1.807, 2.05) is 18.2 Å². The van der Waals surface area contributed by atoms with Gasteiger partial charge in [0, 0.05) is 24.2 Å². The van der Waals surface area contributed by atoms with Crippen LogP contribution in [0.5, 0.6) is 0 Å². The summed E-state index contributed by atoms with van der Waals surface area (Å²) in [4.78, 5) is 32.1. The predicted molar refractivity (Wildman–Crippen MR) is 84.2 cm³/mol. The minimum Gasteiger partial charge on any atom is -0.477 e. The summed E-state index contributed by atoms with van der Waals surface area (Å²) >= 11 is 0.970. The minimum atomic E-state index is -1.07. The van der Waals surface area contributed by atoms with E-state index in [1.54, 1.807) is 25.4 Å². The van der Waals surface area contributed by atoms with E-state index in [-0.39, 0.29) is 10.4 Å². The average molecular weight is 313 g/mol. The highest BCUT2D eigenvalue weighted by Gasteiger charge is 2.13. The maximum Gasteiger partial charge on any atom is 0.347 e. The second kappa shape index (κ2) is 5.53. The van der Waals surface area contributed by atoms with Crippen molar-refractivity contribution in [3.05, 3.63) is 62.8 Å². The molecule has 0 aliphatic carbocycles. The normalized spacial score (nSPS) is 11.3. The molecule has 0 unspecified atom stereocenters. The lowest BCUT2D eigenvalue weighted by Crippen LogP contribution is -2.17. The molecule has 3 aromatic heterocycles. The van der Waals surface area contributed by atoms with E-state index in [4.69, 9.17) is 5.11 Å². The van der Waals surface area contributed by atoms with Crippen LogP contribution in [0.3, 0.4) is 0 Å². The monoisotopic (exact) mass is 313 g/mol. The van der Waals surface area contributed by atoms with Crippen LogP contribution in [0.15, 0.2) is 35.5 Å². The molecule has 22 heavy (non-hydrogen) atoms. The van der Waals surface area contributed by atoms with Gasteiger partial charge in [0.2, 0.25) is 0 Å². The van der Waals surface area contributed by atoms with Gasteiger partial charge in [-0.15, -0.1) is 0 Å². The molecule has 0 saturated carbocycles. The Hall–Kier alpha value is -2.80. The first-order chi connectivity index (χ1) is 10.6. The minimum absolute atomic E-state index is 0.0809. The number of carboxylic acid groups (broad SMARTS) is 1. The van der Waals surface area contributed by atoms with Gasteiger partial charge in [-0.1, -0.05) is 23.5 Å². The first-order valence-corrected chi connectivity index (χ1v) is 7.22. The third kappa shape index (κ3) is 2.53. The highest BCUT2D eigenvalue weighted by Crippen LogP contribution is 2.17. The van der Waals surface area contributed by atoms with Gasteiger partial charge in [-0.25, -0.2) is 9.78 Å². The molecule has 0 aromatic carbocycles. The van der Waals surface area contributed by atoms with Crippen LogP contribution >= 0.6 is 11.3 Å². The molecule has 3 rings (SSSR count). The Morgan fingerprint density at radius 2 is 2.23 bits per heavy atom. The molecule has 0 amide bonds. The summed E-state index contributed by atoms with van der Waals surface area (Å²) in [6.07, 6.45) is 8.22. The largest absolute Gasteiger partial charge is 0.477 e. The Labute approximate surface area is 129 Å². The van der Waals surface area contributed by atoms with Crippen molar-refractivity contribution in [2.24, 2.45) is 0 Å². The van der Waals surface area contributed by atoms with Crippen molar-refractivity contribution in [3.63, 3.8) is 0 Å². The topological polar surface area (TPSA) is 84.6 Å². The van der Waals surface area contributed by atoms with E-state index in [0.29, 0.717) is 16.2 Å². The van der Waals surface area contributed by atoms with Gasteiger partial charge in [-0.3, -0.25) is 14.2 Å². The fourth-order valence-corrected chi connectivity index (χ4v) is 2.78. The zero-order valence-electron chi connectivity index (χ0n) is 11.6. The fraction of sp³-hybridized carbons (Fsp3) is 0.0667. The third-order valence-electron chi connectivity index (χ3n) is 3.12. The second-order valence-electron chi connectivity index (χ2n) is 4.60. The van der Waals surface area contributed by atoms with Crippen molar-refractivity contribution in [2.45, 2.75) is 6.92 Å². The lowest BCUT2D eigenvalue weighted by Gasteiger charge is -2.00. The average Bonchev–Trinajstić information content (AvgIpc) is 2.95. The summed E-state index contributed by atoms with van der Waals surface area (Å²) in [5.74, 6) is -1.07. The van der Waals surface area contributed by atoms with Crippen molar-refractivity contribution in [3.8, 4) is 0 Å². The SMILES string of the molecule is Cc1c(C=Cc2cccnc2)nc2sc(C(=O)O)cn2c1=O. The van der Waals surface area contributed by atoms with Crippen LogP contribution in [0.1, 0.15) is 26.5 Å². The molecule has 0 fully saturated rings. The molecule has 7 heteroatoms. The Balaban J connectivity index is 2.10. The zero-order chi connectivity index (χ0) is 15.7. The molecule has 0 aliphatic heterocycles. The van der Waals surface area contributed by atoms with Crippen LogP contribution in [0.2, 0.25) is 0 Å². The van der Waals surface area contributed by atoms with Gasteiger partial charge < -0.3 is 5.11 Å². The van der Waals surface area contributed by atoms with Crippen LogP contribution in [0, 0.1) is 6.92 Å². The Morgan fingerprint density at radius 1 is 1.41 bits per heavy atom. The summed E-state index contributed by atoms with van der Waals surface area (Å²) in [7, 11) is 0. The summed E-state index contributed by atoms with van der Waals surface area (Å²) in [5, 5.41) is 9.01. The highest BCUT2D eigenvalue weighted by molar-refractivity contribution is 7.18. The van der Waals surface area contributed by atoms with Crippen LogP contribution in [0.4, 0.5) is 0 Å². The van der Waals surface area contributed by atoms with E-state index in [2.05, 4.69) is 9.97 Å². The molecule has 0 radical (unpaired) electrons. The molecule has 3 heterocycles. The quantitative estimate of drug-likeness (QED) is 0.802. The number of hydrogen-bond acceptors (Lipinski definition) is 5. The molecule has 110 valence electrons. The Morgan fingerprint density at radius 3 is 2.91 bits per heavy atom. The number of carbonyl (C=O) groups is 1. The number of carboxylic acids is 1. The van der Waals surface area contributed by atoms with E-state index in [9.17, 15) is 9.59 Å². The number of rotatable bonds is 3. The van der Waals surface area contributed by atoms with E-state index >= 15 is 0 Å². The van der Waals surface area contributed by atoms with Gasteiger partial charge in [0.25, 0.3) is 5.56 Å². The first kappa shape index (κ1) is 14.2. The number of fused-ring (bicyclic) bond motifs is 1. The lowest BCUT2D eigenvalue weighted by atomic mass is 10.2. The van der Waals surface area contributed by atoms with Crippen LogP contribution in [0.25, 0.3) is 17.1 Å². The molecule has 0 aliphatic rings. The molecule has 0 bridgehead atoms. The van der Waals surface area contributed by atoms with Crippen LogP contribution in [-0.4, -0.2) is 25.4 Å². The Bertz CT molecular complexity index is 942. The van der Waals surface area contributed by atoms with Gasteiger partial charge in [0.05, 0.1) is 5.69 Å². The summed E-state index contributed by atoms with van der Waals surface area (Å²) in [5.41, 5.74) is 1.61. The van der Waals surface area contributed by atoms with Crippen molar-refractivity contribution >= 4 is 34.4 Å². The van der Waals surface area contributed by atoms with E-state index in [1.165, 1.54) is 10.6 Å². The summed E-state index contributed by atoms with van der Waals surface area (Å²) < 4.78 is 1.27. The number of aromatic nitrogens is 3. The van der Waals surface area contributed by atoms with Crippen molar-refractivity contribution in [1.82, 2.24) is 14.4 Å². The van der Waals surface area contributed by atoms with Gasteiger partial charge >= 0.3 is 5.97 Å². The van der Waals surface area contributed by atoms with Gasteiger partial charge in [-0.2, -0.15) is 0 Å². The lowest BCUT2D eigenvalue weighted by molar-refractivity contribution is 0.0702. The maximum absolute atomic E-state index is 12.3. The van der Waals surface area contributed by atoms with E-state index < -0.39 is 5.97 Å². The van der Waals surface area contributed by atoms with Crippen molar-refractivity contribution in [2.75, 3.05) is 0 Å². The van der Waals surface area contributed by atoms with Crippen LogP contribution in [-0.2, 0) is 0 Å². The zero-order valence-corrected chi connectivity index (χ0v) is 12.4. The first-order valence-electron chi connectivity index (χ1n) is 6.40. The Kier molecular flexibility index (Phi) is 3.56. The maximum atomic E-state index is 12.3. The fourth-order valence-electron chi connectivity index (χ4n) is 1.96. The molecule has 6 nitrogen and oxygen atoms in total. The number of thiazole rings is 1. The van der Waals surface area contributed by atoms with Crippen molar-refractivity contribution < 1.29 is 9.90 Å². The molecule has 1 N–H and O–H groups in total. The number of nitrogens with zero attached hydrogens (tertiary/aromatic N) is 3. The highest BCUT2D eigenvalue weighted by atomic mass is 32.1. The molecule has 0 saturated heterocycles. The molecular formula is C15H11N3O3S. The van der Waals surface area contributed by atoms with Gasteiger partial charge in [0.15, 0.2) is 4.96 Å². The third-order valence-corrected chi connectivity index (χ3v) is 4.09. The number of hydrogen-bond donors (Lipinski definition) is 1. The molecule has 0 atom stereocenters. The van der Waals surface area contributed by atoms with Crippen LogP contribution < -0.4 is 5.56 Å². The summed E-state index contributed by atoms with van der Waals surface area (Å²) in [6.45, 7) is 1.67. The summed E-state index contributed by atoms with van der Waals surface area (Å²) in [6, 6.07) is 3.70. The smallest absolute Gasteiger partial charge is 0.347 e. The van der Waals surface area contributed by atoms with Gasteiger partial charge in [0.1, 0.15) is 4.88 Å². The molecule has 3 aromatic rings. The number of aromatic carboxylic acids is 1. The van der Waals surface area contributed by atoms with Gasteiger partial charge in [-0.05, 0) is 24.6 Å². The predicted octanol–water partition coefficient (Wildman–Crippen LogP) is 2.33. The van der Waals surface area contributed by atoms with Crippen molar-refractivity contribution in [1.29, 1.82) is 0 Å². The standard InChI is InChI=1S/C15H11N3O3S/c1-9-11(5-4-10-3-2-6-16-7-10)17-15-18(13(9)19)8-12(22-15)14(20)21/h2-8H,1H3,(H,20,21). The molecule has 0 spiro atoms. The number of pyridine rings is 1. The molecular weight excluding hydrogens is 302 g/mol.